The van der Waals surface area contributed by atoms with Crippen LogP contribution in [0.5, 0.6) is 0 Å². The predicted molar refractivity (Wildman–Crippen MR) is 60.1 cm³/mol. The Bertz CT molecular complexity index is 422. The number of nitrogens with zero attached hydrogens (tertiary/aromatic N) is 3. The van der Waals surface area contributed by atoms with Crippen LogP contribution < -0.4 is 5.73 Å². The second-order valence-corrected chi connectivity index (χ2v) is 4.39. The lowest BCUT2D eigenvalue weighted by molar-refractivity contribution is 0.598. The molecule has 0 aliphatic heterocycles. The monoisotopic (exact) mass is 272 g/mol. The van der Waals surface area contributed by atoms with Gasteiger partial charge in [0.05, 0.1) is 12.7 Å². The van der Waals surface area contributed by atoms with Gasteiger partial charge < -0.3 is 5.73 Å². The van der Waals surface area contributed by atoms with Crippen molar-refractivity contribution in [1.29, 1.82) is 0 Å². The molecule has 0 aliphatic rings. The van der Waals surface area contributed by atoms with Crippen molar-refractivity contribution in [3.8, 4) is 11.3 Å². The van der Waals surface area contributed by atoms with Crippen molar-refractivity contribution in [3.05, 3.63) is 21.4 Å². The molecule has 74 valence electrons. The van der Waals surface area contributed by atoms with E-state index in [0.717, 1.165) is 15.7 Å². The van der Waals surface area contributed by atoms with Gasteiger partial charge in [-0.05, 0) is 15.9 Å². The highest BCUT2D eigenvalue weighted by atomic mass is 79.9. The normalized spacial score (nSPS) is 10.7. The average molecular weight is 273 g/mol. The number of aromatic nitrogens is 3. The molecule has 0 saturated heterocycles. The second-order valence-electron chi connectivity index (χ2n) is 2.79. The summed E-state index contributed by atoms with van der Waals surface area (Å²) in [5.41, 5.74) is 7.39. The van der Waals surface area contributed by atoms with Gasteiger partial charge in [0.2, 0.25) is 0 Å². The van der Waals surface area contributed by atoms with Crippen LogP contribution in [0.25, 0.3) is 11.3 Å². The molecular formula is C8H9BrN4S. The molecule has 0 aliphatic carbocycles. The minimum absolute atomic E-state index is 0.577. The molecule has 2 heterocycles. The Hall–Kier alpha value is -0.720. The van der Waals surface area contributed by atoms with Crippen molar-refractivity contribution in [1.82, 2.24) is 15.0 Å². The summed E-state index contributed by atoms with van der Waals surface area (Å²) in [7, 11) is 0. The summed E-state index contributed by atoms with van der Waals surface area (Å²) in [6.07, 6.45) is 1.90. The largest absolute Gasteiger partial charge is 0.329 e. The van der Waals surface area contributed by atoms with E-state index < -0.39 is 0 Å². The number of nitrogens with two attached hydrogens (primary N) is 1. The minimum atomic E-state index is 0.577. The highest BCUT2D eigenvalue weighted by Crippen LogP contribution is 2.29. The molecule has 0 unspecified atom stereocenters. The smallest absolute Gasteiger partial charge is 0.115 e. The lowest BCUT2D eigenvalue weighted by Crippen LogP contribution is -2.10. The van der Waals surface area contributed by atoms with Gasteiger partial charge >= 0.3 is 0 Å². The molecule has 0 bridgehead atoms. The molecule has 2 N–H and O–H groups in total. The fraction of sp³-hybridized carbons (Fsp3) is 0.250. The number of halogens is 1. The van der Waals surface area contributed by atoms with Gasteiger partial charge in [0, 0.05) is 27.3 Å². The maximum atomic E-state index is 5.42. The zero-order valence-corrected chi connectivity index (χ0v) is 9.75. The fourth-order valence-corrected chi connectivity index (χ4v) is 2.62. The maximum Gasteiger partial charge on any atom is 0.115 e. The summed E-state index contributed by atoms with van der Waals surface area (Å²) in [5.74, 6) is 0. The van der Waals surface area contributed by atoms with Crippen molar-refractivity contribution >= 4 is 27.3 Å². The van der Waals surface area contributed by atoms with E-state index in [-0.39, 0.29) is 0 Å². The van der Waals surface area contributed by atoms with Crippen LogP contribution in [-0.2, 0) is 6.54 Å². The molecule has 2 aromatic heterocycles. The first-order valence-electron chi connectivity index (χ1n) is 4.13. The van der Waals surface area contributed by atoms with Crippen LogP contribution in [0.4, 0.5) is 0 Å². The van der Waals surface area contributed by atoms with E-state index in [9.17, 15) is 0 Å². The Labute approximate surface area is 93.9 Å². The molecule has 0 amide bonds. The molecular weight excluding hydrogens is 264 g/mol. The third-order valence-electron chi connectivity index (χ3n) is 1.79. The van der Waals surface area contributed by atoms with Crippen LogP contribution in [-0.4, -0.2) is 21.5 Å². The Kier molecular flexibility index (Phi) is 2.95. The van der Waals surface area contributed by atoms with Gasteiger partial charge in [-0.2, -0.15) is 11.3 Å². The first-order valence-corrected chi connectivity index (χ1v) is 5.87. The van der Waals surface area contributed by atoms with Gasteiger partial charge in [-0.15, -0.1) is 5.10 Å². The summed E-state index contributed by atoms with van der Waals surface area (Å²) in [6.45, 7) is 1.28. The molecule has 6 heteroatoms. The Balaban J connectivity index is 2.29. The van der Waals surface area contributed by atoms with Gasteiger partial charge in [0.25, 0.3) is 0 Å². The van der Waals surface area contributed by atoms with Crippen molar-refractivity contribution in [2.45, 2.75) is 6.54 Å². The van der Waals surface area contributed by atoms with Crippen molar-refractivity contribution in [2.75, 3.05) is 6.54 Å². The van der Waals surface area contributed by atoms with E-state index in [0.29, 0.717) is 13.1 Å². The van der Waals surface area contributed by atoms with E-state index in [1.54, 1.807) is 16.0 Å². The summed E-state index contributed by atoms with van der Waals surface area (Å²) in [5, 5.41) is 12.1. The van der Waals surface area contributed by atoms with Crippen LogP contribution >= 0.6 is 27.3 Å². The predicted octanol–water partition coefficient (Wildman–Crippen LogP) is 1.73. The number of thiophene rings is 1. The summed E-state index contributed by atoms with van der Waals surface area (Å²) < 4.78 is 2.81. The molecule has 4 nitrogen and oxygen atoms in total. The van der Waals surface area contributed by atoms with Gasteiger partial charge in [-0.25, -0.2) is 0 Å². The molecule has 0 aromatic carbocycles. The average Bonchev–Trinajstić information content (AvgIpc) is 2.74. The molecule has 0 atom stereocenters. The lowest BCUT2D eigenvalue weighted by atomic mass is 10.3. The number of hydrogen-bond donors (Lipinski definition) is 1. The van der Waals surface area contributed by atoms with Crippen molar-refractivity contribution in [3.63, 3.8) is 0 Å². The van der Waals surface area contributed by atoms with Gasteiger partial charge in [-0.1, -0.05) is 5.21 Å². The van der Waals surface area contributed by atoms with Crippen molar-refractivity contribution in [2.24, 2.45) is 5.73 Å². The lowest BCUT2D eigenvalue weighted by Gasteiger charge is -1.93. The van der Waals surface area contributed by atoms with Crippen LogP contribution in [0.15, 0.2) is 21.4 Å². The van der Waals surface area contributed by atoms with Crippen LogP contribution in [0.2, 0.25) is 0 Å². The zero-order chi connectivity index (χ0) is 9.97. The standard InChI is InChI=1S/C8H9BrN4S/c9-7-5-14-4-6(7)8-3-13(2-1-10)12-11-8/h3-5H,1-2,10H2. The zero-order valence-electron chi connectivity index (χ0n) is 7.35. The highest BCUT2D eigenvalue weighted by molar-refractivity contribution is 9.10. The molecule has 2 rings (SSSR count). The first kappa shape index (κ1) is 9.82. The quantitative estimate of drug-likeness (QED) is 0.926. The molecule has 14 heavy (non-hydrogen) atoms. The van der Waals surface area contributed by atoms with E-state index in [2.05, 4.69) is 26.2 Å². The molecule has 0 spiro atoms. The summed E-state index contributed by atoms with van der Waals surface area (Å²) in [4.78, 5) is 0. The van der Waals surface area contributed by atoms with Crippen LogP contribution in [0.3, 0.4) is 0 Å². The second kappa shape index (κ2) is 4.20. The number of rotatable bonds is 3. The molecule has 0 radical (unpaired) electrons. The Morgan fingerprint density at radius 2 is 2.36 bits per heavy atom. The van der Waals surface area contributed by atoms with Crippen LogP contribution in [0, 0.1) is 0 Å². The highest BCUT2D eigenvalue weighted by Gasteiger charge is 2.07. The Morgan fingerprint density at radius 3 is 3.00 bits per heavy atom. The van der Waals surface area contributed by atoms with E-state index in [1.165, 1.54) is 0 Å². The molecule has 2 aromatic rings. The van der Waals surface area contributed by atoms with Gasteiger partial charge in [0.1, 0.15) is 5.69 Å². The van der Waals surface area contributed by atoms with Gasteiger partial charge in [0.15, 0.2) is 0 Å². The number of hydrogen-bond acceptors (Lipinski definition) is 4. The third kappa shape index (κ3) is 1.87. The molecule has 0 fully saturated rings. The maximum absolute atomic E-state index is 5.42. The summed E-state index contributed by atoms with van der Waals surface area (Å²) >= 11 is 5.09. The minimum Gasteiger partial charge on any atom is -0.329 e. The van der Waals surface area contributed by atoms with Gasteiger partial charge in [-0.3, -0.25) is 4.68 Å². The Morgan fingerprint density at radius 1 is 1.50 bits per heavy atom. The third-order valence-corrected chi connectivity index (χ3v) is 3.49. The fourth-order valence-electron chi connectivity index (χ4n) is 1.13. The topological polar surface area (TPSA) is 56.7 Å². The van der Waals surface area contributed by atoms with E-state index in [4.69, 9.17) is 5.73 Å². The molecule has 0 saturated carbocycles. The van der Waals surface area contributed by atoms with Crippen molar-refractivity contribution < 1.29 is 0 Å². The van der Waals surface area contributed by atoms with E-state index in [1.807, 2.05) is 17.0 Å². The van der Waals surface area contributed by atoms with Crippen LogP contribution in [0.1, 0.15) is 0 Å². The van der Waals surface area contributed by atoms with E-state index >= 15 is 0 Å². The SMILES string of the molecule is NCCn1cc(-c2cscc2Br)nn1. The summed E-state index contributed by atoms with van der Waals surface area (Å²) in [6, 6.07) is 0. The first-order chi connectivity index (χ1) is 6.81.